The summed E-state index contributed by atoms with van der Waals surface area (Å²) in [6.07, 6.45) is 2.50. The molecular formula is C15H18N2O4S. The quantitative estimate of drug-likeness (QED) is 0.816. The minimum Gasteiger partial charge on any atom is -0.467 e. The largest absolute Gasteiger partial charge is 0.467 e. The summed E-state index contributed by atoms with van der Waals surface area (Å²) in [5.41, 5.74) is 0.864. The number of ether oxygens (including phenoxy) is 1. The van der Waals surface area contributed by atoms with E-state index in [4.69, 9.17) is 9.15 Å². The third kappa shape index (κ3) is 3.59. The molecule has 1 heterocycles. The Labute approximate surface area is 132 Å². The Bertz CT molecular complexity index is 729. The van der Waals surface area contributed by atoms with E-state index < -0.39 is 17.6 Å². The molecule has 0 saturated carbocycles. The van der Waals surface area contributed by atoms with Crippen LogP contribution in [0, 0.1) is 6.92 Å². The van der Waals surface area contributed by atoms with Crippen LogP contribution in [0.2, 0.25) is 0 Å². The van der Waals surface area contributed by atoms with Crippen molar-refractivity contribution in [1.29, 1.82) is 0 Å². The number of nitrogens with one attached hydrogen (secondary N) is 1. The van der Waals surface area contributed by atoms with Gasteiger partial charge in [0.2, 0.25) is 0 Å². The van der Waals surface area contributed by atoms with Gasteiger partial charge in [-0.1, -0.05) is 12.1 Å². The normalized spacial score (nSPS) is 12.1. The minimum atomic E-state index is -0.602. The zero-order chi connectivity index (χ0) is 16.1. The maximum absolute atomic E-state index is 12.1. The van der Waals surface area contributed by atoms with Crippen molar-refractivity contribution >= 4 is 34.6 Å². The van der Waals surface area contributed by atoms with Crippen molar-refractivity contribution in [2.45, 2.75) is 19.4 Å². The summed E-state index contributed by atoms with van der Waals surface area (Å²) in [5.74, 6) is 0.354. The summed E-state index contributed by atoms with van der Waals surface area (Å²) in [7, 11) is 1.32. The first-order chi connectivity index (χ1) is 10.6. The number of fused-ring (bicyclic) bond motifs is 1. The number of thioether (sulfide) groups is 1. The van der Waals surface area contributed by atoms with Gasteiger partial charge in [0.1, 0.15) is 6.04 Å². The predicted molar refractivity (Wildman–Crippen MR) is 87.4 cm³/mol. The summed E-state index contributed by atoms with van der Waals surface area (Å²) < 4.78 is 9.94. The van der Waals surface area contributed by atoms with Crippen LogP contribution >= 0.6 is 11.8 Å². The minimum absolute atomic E-state index is 0.0274. The van der Waals surface area contributed by atoms with Crippen LogP contribution in [0.5, 0.6) is 0 Å². The van der Waals surface area contributed by atoms with E-state index in [1.807, 2.05) is 25.3 Å². The smallest absolute Gasteiger partial charge is 0.348 e. The first-order valence-electron chi connectivity index (χ1n) is 6.80. The van der Waals surface area contributed by atoms with Gasteiger partial charge in [-0.05, 0) is 37.0 Å². The number of hydrogen-bond donors (Lipinski definition) is 1. The third-order valence-electron chi connectivity index (χ3n) is 3.26. The number of esters is 1. The zero-order valence-corrected chi connectivity index (χ0v) is 13.5. The summed E-state index contributed by atoms with van der Waals surface area (Å²) >= 11 is 1.62. The van der Waals surface area contributed by atoms with Crippen LogP contribution in [-0.4, -0.2) is 36.1 Å². The Kier molecular flexibility index (Phi) is 5.43. The molecule has 0 aliphatic heterocycles. The van der Waals surface area contributed by atoms with Crippen LogP contribution in [0.4, 0.5) is 6.01 Å². The number of aromatic nitrogens is 1. The van der Waals surface area contributed by atoms with Crippen molar-refractivity contribution in [3.05, 3.63) is 34.2 Å². The zero-order valence-electron chi connectivity index (χ0n) is 12.7. The lowest BCUT2D eigenvalue weighted by Crippen LogP contribution is -2.32. The van der Waals surface area contributed by atoms with E-state index in [-0.39, 0.29) is 6.01 Å². The molecule has 1 N–H and O–H groups in total. The number of nitrogens with zero attached hydrogens (tertiary/aromatic N) is 1. The lowest BCUT2D eigenvalue weighted by atomic mass is 10.1. The number of methoxy groups -OCH3 is 1. The standard InChI is InChI=1S/C15H18N2O4S/c1-9-5-4-6-10-12(9)14(19)21-15(16-10)17-11(7-8-22-3)13(18)20-2/h4-6,11H,7-8H2,1-3H3,(H,16,17)/t11-/m0/s1. The van der Waals surface area contributed by atoms with Gasteiger partial charge >= 0.3 is 11.6 Å². The Hall–Kier alpha value is -2.02. The molecule has 0 amide bonds. The fourth-order valence-electron chi connectivity index (χ4n) is 2.12. The van der Waals surface area contributed by atoms with E-state index in [9.17, 15) is 9.59 Å². The molecule has 0 radical (unpaired) electrons. The van der Waals surface area contributed by atoms with Crippen LogP contribution in [0.15, 0.2) is 27.4 Å². The van der Waals surface area contributed by atoms with E-state index in [0.717, 1.165) is 11.3 Å². The molecule has 7 heteroatoms. The number of carbonyl (C=O) groups is 1. The molecular weight excluding hydrogens is 304 g/mol. The maximum Gasteiger partial charge on any atom is 0.348 e. The van der Waals surface area contributed by atoms with Crippen LogP contribution in [0.1, 0.15) is 12.0 Å². The molecule has 1 aromatic heterocycles. The molecule has 0 fully saturated rings. The molecule has 1 aromatic carbocycles. The monoisotopic (exact) mass is 322 g/mol. The van der Waals surface area contributed by atoms with E-state index in [2.05, 4.69) is 10.3 Å². The van der Waals surface area contributed by atoms with Gasteiger partial charge < -0.3 is 14.5 Å². The van der Waals surface area contributed by atoms with Gasteiger partial charge in [0.15, 0.2) is 0 Å². The lowest BCUT2D eigenvalue weighted by molar-refractivity contribution is -0.141. The van der Waals surface area contributed by atoms with Crippen LogP contribution in [0.3, 0.4) is 0 Å². The lowest BCUT2D eigenvalue weighted by Gasteiger charge is -2.15. The molecule has 6 nitrogen and oxygen atoms in total. The summed E-state index contributed by atoms with van der Waals surface area (Å²) in [6, 6.07) is 4.80. The number of benzene rings is 1. The summed E-state index contributed by atoms with van der Waals surface area (Å²) in [4.78, 5) is 28.1. The van der Waals surface area contributed by atoms with Gasteiger partial charge in [-0.25, -0.2) is 9.59 Å². The molecule has 2 aromatic rings. The van der Waals surface area contributed by atoms with Gasteiger partial charge in [-0.3, -0.25) is 0 Å². The van der Waals surface area contributed by atoms with E-state index in [0.29, 0.717) is 17.3 Å². The SMILES string of the molecule is COC(=O)[C@H](CCSC)Nc1nc2cccc(C)c2c(=O)o1. The second kappa shape index (κ2) is 7.31. The van der Waals surface area contributed by atoms with Crippen molar-refractivity contribution in [2.75, 3.05) is 24.4 Å². The maximum atomic E-state index is 12.1. The molecule has 0 spiro atoms. The average Bonchev–Trinajstić information content (AvgIpc) is 2.50. The van der Waals surface area contributed by atoms with Crippen LogP contribution in [-0.2, 0) is 9.53 Å². The van der Waals surface area contributed by atoms with Crippen molar-refractivity contribution in [3.8, 4) is 0 Å². The summed E-state index contributed by atoms with van der Waals surface area (Å²) in [6.45, 7) is 1.82. The predicted octanol–water partition coefficient (Wildman–Crippen LogP) is 2.20. The van der Waals surface area contributed by atoms with Crippen molar-refractivity contribution in [1.82, 2.24) is 4.98 Å². The third-order valence-corrected chi connectivity index (χ3v) is 3.90. The first-order valence-corrected chi connectivity index (χ1v) is 8.20. The van der Waals surface area contributed by atoms with Crippen LogP contribution in [0.25, 0.3) is 10.9 Å². The van der Waals surface area contributed by atoms with E-state index in [1.165, 1.54) is 7.11 Å². The number of carbonyl (C=O) groups excluding carboxylic acids is 1. The molecule has 118 valence electrons. The fourth-order valence-corrected chi connectivity index (χ4v) is 2.59. The van der Waals surface area contributed by atoms with E-state index >= 15 is 0 Å². The van der Waals surface area contributed by atoms with Crippen LogP contribution < -0.4 is 10.9 Å². The second-order valence-corrected chi connectivity index (χ2v) is 5.76. The molecule has 2 rings (SSSR count). The van der Waals surface area contributed by atoms with Crippen molar-refractivity contribution in [2.24, 2.45) is 0 Å². The topological polar surface area (TPSA) is 81.4 Å². The number of aryl methyl sites for hydroxylation is 1. The van der Waals surface area contributed by atoms with Crippen molar-refractivity contribution < 1.29 is 13.9 Å². The molecule has 1 atom stereocenters. The Balaban J connectivity index is 2.33. The molecule has 0 aliphatic carbocycles. The Morgan fingerprint density at radius 1 is 1.50 bits per heavy atom. The summed E-state index contributed by atoms with van der Waals surface area (Å²) in [5, 5.41) is 3.30. The molecule has 22 heavy (non-hydrogen) atoms. The Morgan fingerprint density at radius 2 is 2.27 bits per heavy atom. The van der Waals surface area contributed by atoms with Gasteiger partial charge in [0.25, 0.3) is 6.01 Å². The van der Waals surface area contributed by atoms with Gasteiger partial charge in [0.05, 0.1) is 18.0 Å². The number of anilines is 1. The second-order valence-electron chi connectivity index (χ2n) is 4.78. The Morgan fingerprint density at radius 3 is 2.95 bits per heavy atom. The highest BCUT2D eigenvalue weighted by atomic mass is 32.2. The number of hydrogen-bond acceptors (Lipinski definition) is 7. The highest BCUT2D eigenvalue weighted by Crippen LogP contribution is 2.16. The van der Waals surface area contributed by atoms with Gasteiger partial charge in [-0.2, -0.15) is 16.7 Å². The molecule has 0 unspecified atom stereocenters. The average molecular weight is 322 g/mol. The van der Waals surface area contributed by atoms with E-state index in [1.54, 1.807) is 17.8 Å². The molecule has 0 aliphatic rings. The molecule has 0 bridgehead atoms. The molecule has 0 saturated heterocycles. The van der Waals surface area contributed by atoms with Gasteiger partial charge in [-0.15, -0.1) is 0 Å². The highest BCUT2D eigenvalue weighted by Gasteiger charge is 2.21. The highest BCUT2D eigenvalue weighted by molar-refractivity contribution is 7.98. The first kappa shape index (κ1) is 16.4. The van der Waals surface area contributed by atoms with Crippen molar-refractivity contribution in [3.63, 3.8) is 0 Å². The fraction of sp³-hybridized carbons (Fsp3) is 0.400. The van der Waals surface area contributed by atoms with Gasteiger partial charge in [0, 0.05) is 0 Å². The number of rotatable bonds is 6.